The maximum absolute atomic E-state index is 13.0. The van der Waals surface area contributed by atoms with E-state index < -0.39 is 41.4 Å². The van der Waals surface area contributed by atoms with Gasteiger partial charge in [0, 0.05) is 17.7 Å². The number of carbonyl (C=O) groups is 1. The Labute approximate surface area is 88.3 Å². The quantitative estimate of drug-likeness (QED) is 0.455. The number of benzene rings is 1. The first-order chi connectivity index (χ1) is 7.40. The van der Waals surface area contributed by atoms with Crippen molar-refractivity contribution in [1.82, 2.24) is 0 Å². The summed E-state index contributed by atoms with van der Waals surface area (Å²) in [6.45, 7) is 0. The molecule has 0 saturated heterocycles. The standard InChI is InChI=1S/C9H7F3N2O2/c10-4-1-6(11)5(7(12)2-4)3-8(15)16-9(13)14/h1-2H,3H2,(H3,13,14). The normalized spacial score (nSPS) is 9.94. The first-order valence-electron chi connectivity index (χ1n) is 4.08. The van der Waals surface area contributed by atoms with Gasteiger partial charge in [-0.05, 0) is 0 Å². The van der Waals surface area contributed by atoms with E-state index in [1.165, 1.54) is 0 Å². The first-order valence-corrected chi connectivity index (χ1v) is 4.08. The fourth-order valence-electron chi connectivity index (χ4n) is 1.04. The molecular formula is C9H7F3N2O2. The second kappa shape index (κ2) is 4.65. The Hall–Kier alpha value is -2.05. The summed E-state index contributed by atoms with van der Waals surface area (Å²) in [5.41, 5.74) is 4.11. The van der Waals surface area contributed by atoms with Crippen LogP contribution in [0.15, 0.2) is 12.1 Å². The van der Waals surface area contributed by atoms with E-state index >= 15 is 0 Å². The van der Waals surface area contributed by atoms with E-state index in [1.807, 2.05) is 0 Å². The number of hydrogen-bond donors (Lipinski definition) is 2. The molecule has 86 valence electrons. The topological polar surface area (TPSA) is 76.2 Å². The van der Waals surface area contributed by atoms with E-state index in [1.54, 1.807) is 0 Å². The van der Waals surface area contributed by atoms with Crippen LogP contribution in [0.3, 0.4) is 0 Å². The second-order valence-corrected chi connectivity index (χ2v) is 2.86. The van der Waals surface area contributed by atoms with Crippen molar-refractivity contribution < 1.29 is 22.7 Å². The molecule has 0 aliphatic heterocycles. The second-order valence-electron chi connectivity index (χ2n) is 2.86. The third-order valence-corrected chi connectivity index (χ3v) is 1.65. The zero-order valence-electron chi connectivity index (χ0n) is 7.89. The smallest absolute Gasteiger partial charge is 0.318 e. The van der Waals surface area contributed by atoms with E-state index in [2.05, 4.69) is 4.74 Å². The lowest BCUT2D eigenvalue weighted by atomic mass is 10.1. The molecule has 16 heavy (non-hydrogen) atoms. The molecule has 0 fully saturated rings. The van der Waals surface area contributed by atoms with Gasteiger partial charge < -0.3 is 10.5 Å². The minimum absolute atomic E-state index is 0.444. The van der Waals surface area contributed by atoms with Crippen LogP contribution < -0.4 is 5.73 Å². The maximum Gasteiger partial charge on any atom is 0.318 e. The highest BCUT2D eigenvalue weighted by atomic mass is 19.1. The van der Waals surface area contributed by atoms with Crippen LogP contribution >= 0.6 is 0 Å². The number of ether oxygens (including phenoxy) is 1. The monoisotopic (exact) mass is 232 g/mol. The molecule has 4 nitrogen and oxygen atoms in total. The predicted octanol–water partition coefficient (Wildman–Crippen LogP) is 1.08. The summed E-state index contributed by atoms with van der Waals surface area (Å²) in [7, 11) is 0. The van der Waals surface area contributed by atoms with Gasteiger partial charge in [-0.2, -0.15) is 0 Å². The number of carbonyl (C=O) groups excluding carboxylic acids is 1. The van der Waals surface area contributed by atoms with Crippen molar-refractivity contribution in [2.24, 2.45) is 5.73 Å². The minimum atomic E-state index is -1.20. The number of hydrogen-bond acceptors (Lipinski definition) is 3. The average Bonchev–Trinajstić information content (AvgIpc) is 2.09. The molecule has 0 unspecified atom stereocenters. The van der Waals surface area contributed by atoms with Gasteiger partial charge in [0.15, 0.2) is 0 Å². The number of halogens is 3. The summed E-state index contributed by atoms with van der Waals surface area (Å²) in [5.74, 6) is -4.58. The number of rotatable bonds is 2. The molecule has 0 radical (unpaired) electrons. The third-order valence-electron chi connectivity index (χ3n) is 1.65. The molecule has 1 aromatic rings. The van der Waals surface area contributed by atoms with Crippen molar-refractivity contribution in [2.75, 3.05) is 0 Å². The van der Waals surface area contributed by atoms with Crippen LogP contribution in [0.5, 0.6) is 0 Å². The molecule has 7 heteroatoms. The highest BCUT2D eigenvalue weighted by Crippen LogP contribution is 2.15. The number of amidine groups is 1. The van der Waals surface area contributed by atoms with Gasteiger partial charge in [-0.15, -0.1) is 0 Å². The molecule has 0 aromatic heterocycles. The molecule has 1 rings (SSSR count). The van der Waals surface area contributed by atoms with Gasteiger partial charge in [0.1, 0.15) is 17.5 Å². The van der Waals surface area contributed by atoms with Gasteiger partial charge in [0.05, 0.1) is 6.42 Å². The van der Waals surface area contributed by atoms with Gasteiger partial charge in [-0.25, -0.2) is 13.2 Å². The highest BCUT2D eigenvalue weighted by molar-refractivity contribution is 5.85. The zero-order valence-corrected chi connectivity index (χ0v) is 7.89. The third kappa shape index (κ3) is 2.97. The van der Waals surface area contributed by atoms with Crippen molar-refractivity contribution in [3.8, 4) is 0 Å². The molecule has 0 heterocycles. The van der Waals surface area contributed by atoms with Gasteiger partial charge in [0.2, 0.25) is 0 Å². The molecule has 0 saturated carbocycles. The Morgan fingerprint density at radius 3 is 2.25 bits per heavy atom. The molecule has 0 amide bonds. The highest BCUT2D eigenvalue weighted by Gasteiger charge is 2.16. The summed E-state index contributed by atoms with van der Waals surface area (Å²) in [4.78, 5) is 10.9. The van der Waals surface area contributed by atoms with E-state index in [4.69, 9.17) is 11.1 Å². The lowest BCUT2D eigenvalue weighted by Crippen LogP contribution is -2.21. The fraction of sp³-hybridized carbons (Fsp3) is 0.111. The SMILES string of the molecule is N=C(N)OC(=O)Cc1c(F)cc(F)cc1F. The summed E-state index contributed by atoms with van der Waals surface area (Å²) >= 11 is 0. The van der Waals surface area contributed by atoms with Crippen LogP contribution in [0.1, 0.15) is 5.56 Å². The van der Waals surface area contributed by atoms with E-state index in [0.29, 0.717) is 12.1 Å². The van der Waals surface area contributed by atoms with Gasteiger partial charge in [-0.1, -0.05) is 0 Å². The van der Waals surface area contributed by atoms with Crippen molar-refractivity contribution in [2.45, 2.75) is 6.42 Å². The van der Waals surface area contributed by atoms with Crippen molar-refractivity contribution in [1.29, 1.82) is 5.41 Å². The summed E-state index contributed by atoms with van der Waals surface area (Å²) < 4.78 is 42.7. The first kappa shape index (κ1) is 12.0. The molecule has 3 N–H and O–H groups in total. The fourth-order valence-corrected chi connectivity index (χ4v) is 1.04. The molecular weight excluding hydrogens is 225 g/mol. The molecule has 1 aromatic carbocycles. The lowest BCUT2D eigenvalue weighted by Gasteiger charge is -2.04. The molecule has 0 aliphatic rings. The number of nitrogens with two attached hydrogens (primary N) is 1. The maximum atomic E-state index is 13.0. The largest absolute Gasteiger partial charge is 0.393 e. The summed E-state index contributed by atoms with van der Waals surface area (Å²) in [6, 6.07) is 0.00627. The number of nitrogens with one attached hydrogen (secondary N) is 1. The molecule has 0 spiro atoms. The van der Waals surface area contributed by atoms with Crippen molar-refractivity contribution in [3.63, 3.8) is 0 Å². The van der Waals surface area contributed by atoms with Crippen LogP contribution in [0.25, 0.3) is 0 Å². The minimum Gasteiger partial charge on any atom is -0.393 e. The Kier molecular flexibility index (Phi) is 3.49. The Morgan fingerprint density at radius 2 is 1.81 bits per heavy atom. The molecule has 0 atom stereocenters. The van der Waals surface area contributed by atoms with Crippen LogP contribution in [0.4, 0.5) is 13.2 Å². The Morgan fingerprint density at radius 1 is 1.31 bits per heavy atom. The Bertz CT molecular complexity index is 425. The van der Waals surface area contributed by atoms with Crippen LogP contribution in [0.2, 0.25) is 0 Å². The summed E-state index contributed by atoms with van der Waals surface area (Å²) in [5, 5.41) is 6.62. The van der Waals surface area contributed by atoms with Gasteiger partial charge in [0.25, 0.3) is 6.02 Å². The van der Waals surface area contributed by atoms with Gasteiger partial charge >= 0.3 is 5.97 Å². The number of esters is 1. The van der Waals surface area contributed by atoms with Gasteiger partial charge in [-0.3, -0.25) is 10.2 Å². The Balaban J connectivity index is 2.89. The molecule has 0 aliphatic carbocycles. The molecule has 0 bridgehead atoms. The van der Waals surface area contributed by atoms with Crippen LogP contribution in [-0.4, -0.2) is 12.0 Å². The van der Waals surface area contributed by atoms with E-state index in [9.17, 15) is 18.0 Å². The van der Waals surface area contributed by atoms with Crippen molar-refractivity contribution >= 4 is 12.0 Å². The predicted molar refractivity (Wildman–Crippen MR) is 48.0 cm³/mol. The van der Waals surface area contributed by atoms with Crippen LogP contribution in [-0.2, 0) is 16.0 Å². The van der Waals surface area contributed by atoms with Crippen LogP contribution in [0, 0.1) is 22.9 Å². The van der Waals surface area contributed by atoms with E-state index in [-0.39, 0.29) is 0 Å². The van der Waals surface area contributed by atoms with E-state index in [0.717, 1.165) is 0 Å². The average molecular weight is 232 g/mol. The zero-order chi connectivity index (χ0) is 12.3. The lowest BCUT2D eigenvalue weighted by molar-refractivity contribution is -0.135. The van der Waals surface area contributed by atoms with Crippen molar-refractivity contribution in [3.05, 3.63) is 35.1 Å². The summed E-state index contributed by atoms with van der Waals surface area (Å²) in [6.07, 6.45) is -0.766.